The van der Waals surface area contributed by atoms with Crippen LogP contribution in [0.5, 0.6) is 0 Å². The summed E-state index contributed by atoms with van der Waals surface area (Å²) in [6, 6.07) is 0. The second-order valence-corrected chi connectivity index (χ2v) is 31.7. The zero-order valence-electron chi connectivity index (χ0n) is 63.4. The minimum atomic E-state index is -4.96. The highest BCUT2D eigenvalue weighted by atomic mass is 31.2. The van der Waals surface area contributed by atoms with Gasteiger partial charge in [-0.2, -0.15) is 0 Å². The Morgan fingerprint density at radius 1 is 0.299 bits per heavy atom. The maximum Gasteiger partial charge on any atom is 0.472 e. The normalized spacial score (nSPS) is 14.2. The van der Waals surface area contributed by atoms with E-state index < -0.39 is 97.5 Å². The van der Waals surface area contributed by atoms with Gasteiger partial charge in [0.25, 0.3) is 0 Å². The number of aliphatic hydroxyl groups is 1. The summed E-state index contributed by atoms with van der Waals surface area (Å²) in [4.78, 5) is 72.9. The summed E-state index contributed by atoms with van der Waals surface area (Å²) in [6.07, 6.45) is 58.1. The van der Waals surface area contributed by atoms with Gasteiger partial charge in [0, 0.05) is 25.7 Å². The third-order valence-corrected chi connectivity index (χ3v) is 20.5. The van der Waals surface area contributed by atoms with Crippen molar-refractivity contribution < 1.29 is 80.2 Å². The Kier molecular flexibility index (Phi) is 68.4. The number of unbranched alkanes of at least 4 members (excludes halogenated alkanes) is 46. The number of phosphoric ester groups is 2. The molecular formula is C78H152O17P2. The van der Waals surface area contributed by atoms with Crippen molar-refractivity contribution in [1.29, 1.82) is 0 Å². The van der Waals surface area contributed by atoms with E-state index in [1.165, 1.54) is 225 Å². The molecule has 0 spiro atoms. The molecule has 0 fully saturated rings. The highest BCUT2D eigenvalue weighted by Crippen LogP contribution is 2.45. The molecule has 0 saturated carbocycles. The topological polar surface area (TPSA) is 237 Å². The molecule has 97 heavy (non-hydrogen) atoms. The van der Waals surface area contributed by atoms with E-state index in [4.69, 9.17) is 37.0 Å². The van der Waals surface area contributed by atoms with Crippen LogP contribution in [-0.4, -0.2) is 96.7 Å². The van der Waals surface area contributed by atoms with E-state index in [-0.39, 0.29) is 25.7 Å². The number of rotatable bonds is 77. The molecule has 0 aliphatic rings. The minimum absolute atomic E-state index is 0.106. The van der Waals surface area contributed by atoms with Crippen LogP contribution in [0.25, 0.3) is 0 Å². The lowest BCUT2D eigenvalue weighted by atomic mass is 9.99. The van der Waals surface area contributed by atoms with E-state index in [9.17, 15) is 43.2 Å². The number of hydrogen-bond donors (Lipinski definition) is 3. The van der Waals surface area contributed by atoms with Gasteiger partial charge in [0.05, 0.1) is 26.4 Å². The molecule has 0 aromatic carbocycles. The van der Waals surface area contributed by atoms with Crippen molar-refractivity contribution in [3.63, 3.8) is 0 Å². The third-order valence-electron chi connectivity index (χ3n) is 18.6. The number of esters is 4. The summed E-state index contributed by atoms with van der Waals surface area (Å²) in [6.45, 7) is 9.65. The second kappa shape index (κ2) is 69.8. The van der Waals surface area contributed by atoms with Crippen molar-refractivity contribution >= 4 is 39.5 Å². The molecule has 0 aromatic heterocycles. The lowest BCUT2D eigenvalue weighted by Gasteiger charge is -2.21. The molecule has 0 aliphatic carbocycles. The van der Waals surface area contributed by atoms with Crippen LogP contribution >= 0.6 is 15.6 Å². The fourth-order valence-electron chi connectivity index (χ4n) is 12.0. The van der Waals surface area contributed by atoms with Crippen molar-refractivity contribution in [1.82, 2.24) is 0 Å². The van der Waals surface area contributed by atoms with Gasteiger partial charge < -0.3 is 33.8 Å². The van der Waals surface area contributed by atoms with Crippen LogP contribution in [0.4, 0.5) is 0 Å². The monoisotopic (exact) mass is 1420 g/mol. The minimum Gasteiger partial charge on any atom is -0.462 e. The van der Waals surface area contributed by atoms with E-state index in [1.54, 1.807) is 0 Å². The molecule has 0 amide bonds. The molecule has 3 N–H and O–H groups in total. The van der Waals surface area contributed by atoms with Gasteiger partial charge in [0.1, 0.15) is 19.3 Å². The van der Waals surface area contributed by atoms with Crippen LogP contribution in [0, 0.1) is 11.8 Å². The molecular weight excluding hydrogens is 1270 g/mol. The number of aliphatic hydroxyl groups excluding tert-OH is 1. The van der Waals surface area contributed by atoms with Gasteiger partial charge in [-0.15, -0.1) is 0 Å². The van der Waals surface area contributed by atoms with Crippen LogP contribution in [0.3, 0.4) is 0 Å². The van der Waals surface area contributed by atoms with Gasteiger partial charge in [-0.05, 0) is 37.5 Å². The third kappa shape index (κ3) is 70.9. The predicted molar refractivity (Wildman–Crippen MR) is 395 cm³/mol. The van der Waals surface area contributed by atoms with E-state index in [0.717, 1.165) is 102 Å². The van der Waals surface area contributed by atoms with Gasteiger partial charge in [0.15, 0.2) is 12.2 Å². The highest BCUT2D eigenvalue weighted by Gasteiger charge is 2.30. The van der Waals surface area contributed by atoms with Gasteiger partial charge in [-0.3, -0.25) is 37.3 Å². The summed E-state index contributed by atoms with van der Waals surface area (Å²) < 4.78 is 68.6. The van der Waals surface area contributed by atoms with E-state index in [1.807, 2.05) is 0 Å². The van der Waals surface area contributed by atoms with Crippen LogP contribution in [0.2, 0.25) is 0 Å². The Bertz CT molecular complexity index is 1870. The standard InChI is InChI=1S/C78H152O17P2/c1-7-10-12-14-16-18-20-21-22-23-27-30-37-43-49-55-61-76(81)89-67-74(94-77(82)62-56-50-44-38-31-28-25-24-26-29-35-41-47-53-59-71(6)9-3)69-93-97(86,87)91-65-72(79)64-90-96(84,85)92-68-73(66-88-75(80)60-54-48-42-36-19-17-15-13-11-8-2)95-78(83)63-57-51-45-39-33-32-34-40-46-52-58-70(4)5/h70-74,79H,7-69H2,1-6H3,(H,84,85)(H,86,87)/t71?,72-,73+,74+/m0/s1. The first kappa shape index (κ1) is 95.1. The quantitative estimate of drug-likeness (QED) is 0.0222. The lowest BCUT2D eigenvalue weighted by Crippen LogP contribution is -2.30. The van der Waals surface area contributed by atoms with Gasteiger partial charge in [-0.1, -0.05) is 356 Å². The molecule has 0 aliphatic heterocycles. The zero-order chi connectivity index (χ0) is 71.4. The fraction of sp³-hybridized carbons (Fsp3) is 0.949. The summed E-state index contributed by atoms with van der Waals surface area (Å²) in [7, 11) is -9.91. The van der Waals surface area contributed by atoms with Crippen LogP contribution in [0.1, 0.15) is 408 Å². The van der Waals surface area contributed by atoms with Crippen LogP contribution in [0.15, 0.2) is 0 Å². The largest absolute Gasteiger partial charge is 0.472 e. The number of hydrogen-bond acceptors (Lipinski definition) is 15. The molecule has 6 atom stereocenters. The van der Waals surface area contributed by atoms with Crippen LogP contribution < -0.4 is 0 Å². The van der Waals surface area contributed by atoms with E-state index in [0.29, 0.717) is 25.7 Å². The molecule has 0 aromatic rings. The number of ether oxygens (including phenoxy) is 4. The Morgan fingerprint density at radius 3 is 0.784 bits per heavy atom. The molecule has 0 rings (SSSR count). The van der Waals surface area contributed by atoms with Crippen molar-refractivity contribution in [3.8, 4) is 0 Å². The van der Waals surface area contributed by atoms with E-state index >= 15 is 0 Å². The molecule has 3 unspecified atom stereocenters. The highest BCUT2D eigenvalue weighted by molar-refractivity contribution is 7.47. The molecule has 0 radical (unpaired) electrons. The average molecular weight is 1420 g/mol. The Morgan fingerprint density at radius 2 is 0.526 bits per heavy atom. The average Bonchev–Trinajstić information content (AvgIpc) is 2.19. The Balaban J connectivity index is 5.24. The molecule has 19 heteroatoms. The Hall–Kier alpha value is -1.94. The van der Waals surface area contributed by atoms with Crippen molar-refractivity contribution in [3.05, 3.63) is 0 Å². The first-order valence-corrected chi connectivity index (χ1v) is 43.5. The molecule has 0 saturated heterocycles. The maximum absolute atomic E-state index is 13.1. The predicted octanol–water partition coefficient (Wildman–Crippen LogP) is 23.1. The molecule has 0 bridgehead atoms. The van der Waals surface area contributed by atoms with Crippen molar-refractivity contribution in [2.24, 2.45) is 11.8 Å². The van der Waals surface area contributed by atoms with Crippen molar-refractivity contribution in [2.75, 3.05) is 39.6 Å². The smallest absolute Gasteiger partial charge is 0.462 e. The number of carbonyl (C=O) groups is 4. The van der Waals surface area contributed by atoms with Gasteiger partial charge in [-0.25, -0.2) is 9.13 Å². The summed E-state index contributed by atoms with van der Waals surface area (Å²) in [5.74, 6) is -0.514. The van der Waals surface area contributed by atoms with E-state index in [2.05, 4.69) is 41.5 Å². The van der Waals surface area contributed by atoms with Crippen LogP contribution in [-0.2, 0) is 65.4 Å². The first-order valence-electron chi connectivity index (χ1n) is 40.5. The second-order valence-electron chi connectivity index (χ2n) is 28.8. The maximum atomic E-state index is 13.1. The lowest BCUT2D eigenvalue weighted by molar-refractivity contribution is -0.161. The first-order chi connectivity index (χ1) is 46.9. The molecule has 17 nitrogen and oxygen atoms in total. The summed E-state index contributed by atoms with van der Waals surface area (Å²) in [5, 5.41) is 10.6. The SMILES string of the molecule is CCCCCCCCCCCCCCCCCCC(=O)OC[C@H](COP(=O)(O)OC[C@@H](O)COP(=O)(O)OC[C@@H](COC(=O)CCCCCCCCCCCC)OC(=O)CCCCCCCCCCCCC(C)C)OC(=O)CCCCCCCCCCCCCCCCC(C)CC. The van der Waals surface area contributed by atoms with Gasteiger partial charge in [0.2, 0.25) is 0 Å². The Labute approximate surface area is 594 Å². The number of phosphoric acid groups is 2. The summed E-state index contributed by atoms with van der Waals surface area (Å²) in [5.41, 5.74) is 0. The number of carbonyl (C=O) groups excluding carboxylic acids is 4. The van der Waals surface area contributed by atoms with Gasteiger partial charge >= 0.3 is 39.5 Å². The molecule has 0 heterocycles. The fourth-order valence-corrected chi connectivity index (χ4v) is 13.6. The zero-order valence-corrected chi connectivity index (χ0v) is 65.2. The molecule has 576 valence electrons. The van der Waals surface area contributed by atoms with Crippen molar-refractivity contribution in [2.45, 2.75) is 426 Å². The summed E-state index contributed by atoms with van der Waals surface area (Å²) >= 11 is 0.